The highest BCUT2D eigenvalue weighted by Gasteiger charge is 2.16. The molecule has 2 N–H and O–H groups in total. The second-order valence-electron chi connectivity index (χ2n) is 4.39. The Kier molecular flexibility index (Phi) is 4.44. The van der Waals surface area contributed by atoms with Gasteiger partial charge in [0.05, 0.1) is 11.1 Å². The van der Waals surface area contributed by atoms with Gasteiger partial charge in [0.1, 0.15) is 5.75 Å². The van der Waals surface area contributed by atoms with Crippen LogP contribution >= 0.6 is 11.6 Å². The normalized spacial score (nSPS) is 18.8. The molecule has 1 aliphatic heterocycles. The first-order valence-electron chi connectivity index (χ1n) is 6.05. The van der Waals surface area contributed by atoms with Crippen LogP contribution in [0.4, 0.5) is 5.69 Å². The smallest absolute Gasteiger partial charge is 0.224 e. The standard InChI is InChI=1S/C13H16ClNO3/c14-11-5-3-9(8-12(11)16)15-13(17)6-4-10-2-1-7-18-10/h3,5,8,10,16H,1-2,4,6-7H2,(H,15,17). The van der Waals surface area contributed by atoms with Crippen molar-refractivity contribution in [2.24, 2.45) is 0 Å². The van der Waals surface area contributed by atoms with Crippen LogP contribution in [0, 0.1) is 0 Å². The molecule has 0 radical (unpaired) electrons. The summed E-state index contributed by atoms with van der Waals surface area (Å²) < 4.78 is 5.45. The maximum Gasteiger partial charge on any atom is 0.224 e. The van der Waals surface area contributed by atoms with Gasteiger partial charge in [-0.2, -0.15) is 0 Å². The summed E-state index contributed by atoms with van der Waals surface area (Å²) in [6.45, 7) is 0.803. The number of nitrogens with one attached hydrogen (secondary N) is 1. The van der Waals surface area contributed by atoms with E-state index in [-0.39, 0.29) is 22.8 Å². The Balaban J connectivity index is 1.80. The summed E-state index contributed by atoms with van der Waals surface area (Å²) in [5, 5.41) is 12.4. The third-order valence-electron chi connectivity index (χ3n) is 2.95. The minimum atomic E-state index is -0.0766. The Morgan fingerprint density at radius 2 is 2.39 bits per heavy atom. The van der Waals surface area contributed by atoms with Gasteiger partial charge in [0.15, 0.2) is 0 Å². The molecule has 1 fully saturated rings. The fourth-order valence-electron chi connectivity index (χ4n) is 1.98. The second kappa shape index (κ2) is 6.07. The van der Waals surface area contributed by atoms with Gasteiger partial charge < -0.3 is 15.2 Å². The fourth-order valence-corrected chi connectivity index (χ4v) is 2.10. The van der Waals surface area contributed by atoms with E-state index in [0.29, 0.717) is 12.1 Å². The number of carbonyl (C=O) groups is 1. The van der Waals surface area contributed by atoms with E-state index in [4.69, 9.17) is 16.3 Å². The Morgan fingerprint density at radius 1 is 1.56 bits per heavy atom. The van der Waals surface area contributed by atoms with Gasteiger partial charge in [-0.25, -0.2) is 0 Å². The molecule has 5 heteroatoms. The highest BCUT2D eigenvalue weighted by atomic mass is 35.5. The number of aromatic hydroxyl groups is 1. The largest absolute Gasteiger partial charge is 0.506 e. The average Bonchev–Trinajstić information content (AvgIpc) is 2.84. The van der Waals surface area contributed by atoms with Gasteiger partial charge >= 0.3 is 0 Å². The number of hydrogen-bond donors (Lipinski definition) is 2. The number of ether oxygens (including phenoxy) is 1. The Labute approximate surface area is 111 Å². The van der Waals surface area contributed by atoms with Crippen molar-refractivity contribution in [1.82, 2.24) is 0 Å². The molecule has 0 spiro atoms. The summed E-state index contributed by atoms with van der Waals surface area (Å²) in [5.41, 5.74) is 0.550. The van der Waals surface area contributed by atoms with Crippen molar-refractivity contribution in [2.45, 2.75) is 31.8 Å². The number of benzene rings is 1. The zero-order valence-corrected chi connectivity index (χ0v) is 10.7. The van der Waals surface area contributed by atoms with Gasteiger partial charge in [0, 0.05) is 24.8 Å². The summed E-state index contributed by atoms with van der Waals surface area (Å²) in [4.78, 5) is 11.7. The Hall–Kier alpha value is -1.26. The molecule has 0 saturated carbocycles. The SMILES string of the molecule is O=C(CCC1CCCO1)Nc1ccc(Cl)c(O)c1. The molecule has 4 nitrogen and oxygen atoms in total. The van der Waals surface area contributed by atoms with Crippen LogP contribution in [-0.2, 0) is 9.53 Å². The average molecular weight is 270 g/mol. The maximum atomic E-state index is 11.7. The zero-order valence-electron chi connectivity index (χ0n) is 9.99. The predicted molar refractivity (Wildman–Crippen MR) is 70.0 cm³/mol. The van der Waals surface area contributed by atoms with Crippen LogP contribution in [0.5, 0.6) is 5.75 Å². The van der Waals surface area contributed by atoms with Crippen molar-refractivity contribution in [3.63, 3.8) is 0 Å². The van der Waals surface area contributed by atoms with E-state index in [9.17, 15) is 9.90 Å². The van der Waals surface area contributed by atoms with Gasteiger partial charge in [-0.3, -0.25) is 4.79 Å². The van der Waals surface area contributed by atoms with Crippen LogP contribution in [0.3, 0.4) is 0 Å². The molecule has 1 amide bonds. The second-order valence-corrected chi connectivity index (χ2v) is 4.80. The topological polar surface area (TPSA) is 58.6 Å². The van der Waals surface area contributed by atoms with E-state index < -0.39 is 0 Å². The lowest BCUT2D eigenvalue weighted by molar-refractivity contribution is -0.116. The molecule has 1 unspecified atom stereocenters. The first-order chi connectivity index (χ1) is 8.65. The van der Waals surface area contributed by atoms with Crippen molar-refractivity contribution >= 4 is 23.2 Å². The van der Waals surface area contributed by atoms with Gasteiger partial charge in [0.2, 0.25) is 5.91 Å². The van der Waals surface area contributed by atoms with Gasteiger partial charge in [-0.05, 0) is 31.4 Å². The van der Waals surface area contributed by atoms with Crippen molar-refractivity contribution in [1.29, 1.82) is 0 Å². The van der Waals surface area contributed by atoms with E-state index in [1.165, 1.54) is 6.07 Å². The van der Waals surface area contributed by atoms with E-state index in [2.05, 4.69) is 5.32 Å². The molecule has 0 aromatic heterocycles. The van der Waals surface area contributed by atoms with Crippen molar-refractivity contribution in [2.75, 3.05) is 11.9 Å². The van der Waals surface area contributed by atoms with Crippen LogP contribution in [0.15, 0.2) is 18.2 Å². The van der Waals surface area contributed by atoms with E-state index in [1.807, 2.05) is 0 Å². The molecule has 1 aliphatic rings. The first kappa shape index (κ1) is 13.2. The number of carbonyl (C=O) groups excluding carboxylic acids is 1. The van der Waals surface area contributed by atoms with Crippen LogP contribution in [0.1, 0.15) is 25.7 Å². The van der Waals surface area contributed by atoms with Crippen LogP contribution in [-0.4, -0.2) is 23.7 Å². The van der Waals surface area contributed by atoms with Crippen LogP contribution < -0.4 is 5.32 Å². The number of phenolic OH excluding ortho intramolecular Hbond substituents is 1. The van der Waals surface area contributed by atoms with E-state index in [1.54, 1.807) is 12.1 Å². The predicted octanol–water partition coefficient (Wildman–Crippen LogP) is 2.94. The molecule has 18 heavy (non-hydrogen) atoms. The van der Waals surface area contributed by atoms with Gasteiger partial charge in [-0.15, -0.1) is 0 Å². The minimum absolute atomic E-state index is 0.0337. The van der Waals surface area contributed by atoms with Crippen molar-refractivity contribution in [3.8, 4) is 5.75 Å². The summed E-state index contributed by atoms with van der Waals surface area (Å²) >= 11 is 5.69. The number of phenols is 1. The molecule has 0 aliphatic carbocycles. The highest BCUT2D eigenvalue weighted by Crippen LogP contribution is 2.26. The number of anilines is 1. The molecule has 1 aromatic rings. The lowest BCUT2D eigenvalue weighted by Crippen LogP contribution is -2.15. The quantitative estimate of drug-likeness (QED) is 0.884. The van der Waals surface area contributed by atoms with Crippen LogP contribution in [0.25, 0.3) is 0 Å². The first-order valence-corrected chi connectivity index (χ1v) is 6.43. The fraction of sp³-hybridized carbons (Fsp3) is 0.462. The maximum absolute atomic E-state index is 11.7. The molecule has 1 heterocycles. The molecular weight excluding hydrogens is 254 g/mol. The molecule has 1 saturated heterocycles. The van der Waals surface area contributed by atoms with Crippen LogP contribution in [0.2, 0.25) is 5.02 Å². The lowest BCUT2D eigenvalue weighted by Gasteiger charge is -2.09. The molecular formula is C13H16ClNO3. The molecule has 1 atom stereocenters. The molecule has 1 aromatic carbocycles. The molecule has 98 valence electrons. The summed E-state index contributed by atoms with van der Waals surface area (Å²) in [6, 6.07) is 4.64. The highest BCUT2D eigenvalue weighted by molar-refractivity contribution is 6.32. The van der Waals surface area contributed by atoms with Crippen molar-refractivity contribution in [3.05, 3.63) is 23.2 Å². The third-order valence-corrected chi connectivity index (χ3v) is 3.27. The number of halogens is 1. The van der Waals surface area contributed by atoms with E-state index >= 15 is 0 Å². The monoisotopic (exact) mass is 269 g/mol. The zero-order chi connectivity index (χ0) is 13.0. The number of hydrogen-bond acceptors (Lipinski definition) is 3. The van der Waals surface area contributed by atoms with Crippen molar-refractivity contribution < 1.29 is 14.6 Å². The third kappa shape index (κ3) is 3.62. The number of rotatable bonds is 4. The summed E-state index contributed by atoms with van der Waals surface area (Å²) in [6.07, 6.45) is 3.50. The molecule has 0 bridgehead atoms. The summed E-state index contributed by atoms with van der Waals surface area (Å²) in [7, 11) is 0. The van der Waals surface area contributed by atoms with Gasteiger partial charge in [0.25, 0.3) is 0 Å². The van der Waals surface area contributed by atoms with Gasteiger partial charge in [-0.1, -0.05) is 11.6 Å². The molecule has 2 rings (SSSR count). The minimum Gasteiger partial charge on any atom is -0.506 e. The lowest BCUT2D eigenvalue weighted by atomic mass is 10.1. The summed E-state index contributed by atoms with van der Waals surface area (Å²) in [5.74, 6) is -0.110. The Morgan fingerprint density at radius 3 is 3.06 bits per heavy atom. The Bertz CT molecular complexity index is 430. The number of amides is 1. The van der Waals surface area contributed by atoms with E-state index in [0.717, 1.165) is 25.9 Å².